The van der Waals surface area contributed by atoms with E-state index >= 15 is 0 Å². The van der Waals surface area contributed by atoms with Crippen molar-refractivity contribution in [3.63, 3.8) is 0 Å². The van der Waals surface area contributed by atoms with Gasteiger partial charge in [-0.05, 0) is 25.8 Å². The summed E-state index contributed by atoms with van der Waals surface area (Å²) in [5.41, 5.74) is 0.693. The van der Waals surface area contributed by atoms with Crippen LogP contribution in [0.2, 0.25) is 0 Å². The van der Waals surface area contributed by atoms with Crippen LogP contribution in [0.3, 0.4) is 0 Å². The first-order valence-electron chi connectivity index (χ1n) is 5.93. The summed E-state index contributed by atoms with van der Waals surface area (Å²) >= 11 is 5.82. The molecule has 0 heterocycles. The van der Waals surface area contributed by atoms with Gasteiger partial charge in [-0.2, -0.15) is 0 Å². The van der Waals surface area contributed by atoms with E-state index in [-0.39, 0.29) is 17.4 Å². The Labute approximate surface area is 108 Å². The number of halogens is 1. The molecule has 2 nitrogen and oxygen atoms in total. The summed E-state index contributed by atoms with van der Waals surface area (Å²) in [7, 11) is 0. The molecule has 1 aromatic rings. The van der Waals surface area contributed by atoms with Crippen LogP contribution in [0.15, 0.2) is 30.3 Å². The minimum Gasteiger partial charge on any atom is -0.349 e. The Morgan fingerprint density at radius 1 is 1.35 bits per heavy atom. The number of hydrogen-bond acceptors (Lipinski definition) is 1. The Bertz CT molecular complexity index is 362. The lowest BCUT2D eigenvalue weighted by Crippen LogP contribution is -2.46. The highest BCUT2D eigenvalue weighted by Gasteiger charge is 2.25. The van der Waals surface area contributed by atoms with Crippen molar-refractivity contribution in [2.45, 2.75) is 38.6 Å². The highest BCUT2D eigenvalue weighted by Crippen LogP contribution is 2.20. The standard InChI is InChI=1S/C14H20ClNO/c1-4-12(11-8-6-5-7-9-11)13(17)16-14(2,3)10-15/h5-9,12H,4,10H2,1-3H3,(H,16,17). The lowest BCUT2D eigenvalue weighted by molar-refractivity contribution is -0.124. The molecule has 1 unspecified atom stereocenters. The molecule has 0 aliphatic rings. The summed E-state index contributed by atoms with van der Waals surface area (Å²) in [5.74, 6) is 0.354. The fraction of sp³-hybridized carbons (Fsp3) is 0.500. The van der Waals surface area contributed by atoms with Crippen LogP contribution in [0.5, 0.6) is 0 Å². The molecule has 0 aromatic heterocycles. The summed E-state index contributed by atoms with van der Waals surface area (Å²) in [4.78, 5) is 12.2. The summed E-state index contributed by atoms with van der Waals surface area (Å²) in [6.07, 6.45) is 0.786. The fourth-order valence-electron chi connectivity index (χ4n) is 1.71. The molecule has 0 bridgehead atoms. The number of carbonyl (C=O) groups is 1. The molecule has 0 radical (unpaired) electrons. The molecule has 1 amide bonds. The maximum absolute atomic E-state index is 12.2. The van der Waals surface area contributed by atoms with Crippen molar-refractivity contribution in [2.75, 3.05) is 5.88 Å². The Morgan fingerprint density at radius 3 is 2.41 bits per heavy atom. The molecule has 17 heavy (non-hydrogen) atoms. The van der Waals surface area contributed by atoms with E-state index in [1.165, 1.54) is 0 Å². The summed E-state index contributed by atoms with van der Waals surface area (Å²) in [6, 6.07) is 9.84. The molecule has 1 aromatic carbocycles. The molecule has 94 valence electrons. The van der Waals surface area contributed by atoms with Gasteiger partial charge in [0, 0.05) is 11.4 Å². The number of amides is 1. The van der Waals surface area contributed by atoms with Crippen LogP contribution < -0.4 is 5.32 Å². The van der Waals surface area contributed by atoms with Gasteiger partial charge >= 0.3 is 0 Å². The van der Waals surface area contributed by atoms with E-state index < -0.39 is 0 Å². The first kappa shape index (κ1) is 14.0. The lowest BCUT2D eigenvalue weighted by Gasteiger charge is -2.26. The van der Waals surface area contributed by atoms with Gasteiger partial charge in [-0.25, -0.2) is 0 Å². The topological polar surface area (TPSA) is 29.1 Å². The number of hydrogen-bond donors (Lipinski definition) is 1. The van der Waals surface area contributed by atoms with Crippen molar-refractivity contribution < 1.29 is 4.79 Å². The summed E-state index contributed by atoms with van der Waals surface area (Å²) in [6.45, 7) is 5.87. The van der Waals surface area contributed by atoms with Crippen molar-refractivity contribution in [1.82, 2.24) is 5.32 Å². The third-order valence-corrected chi connectivity index (χ3v) is 3.39. The van der Waals surface area contributed by atoms with E-state index in [1.54, 1.807) is 0 Å². The van der Waals surface area contributed by atoms with Gasteiger partial charge in [-0.1, -0.05) is 37.3 Å². The predicted molar refractivity (Wildman–Crippen MR) is 72.4 cm³/mol. The van der Waals surface area contributed by atoms with Crippen LogP contribution >= 0.6 is 11.6 Å². The van der Waals surface area contributed by atoms with E-state index in [2.05, 4.69) is 5.32 Å². The predicted octanol–water partition coefficient (Wildman–Crippen LogP) is 3.31. The van der Waals surface area contributed by atoms with Gasteiger partial charge in [0.2, 0.25) is 5.91 Å². The average molecular weight is 254 g/mol. The Morgan fingerprint density at radius 2 is 1.94 bits per heavy atom. The Hall–Kier alpha value is -1.02. The largest absolute Gasteiger partial charge is 0.349 e. The first-order valence-corrected chi connectivity index (χ1v) is 6.46. The van der Waals surface area contributed by atoms with Gasteiger partial charge in [0.05, 0.1) is 5.92 Å². The normalized spacial score (nSPS) is 13.2. The van der Waals surface area contributed by atoms with E-state index in [0.717, 1.165) is 12.0 Å². The van der Waals surface area contributed by atoms with Gasteiger partial charge in [0.15, 0.2) is 0 Å². The first-order chi connectivity index (χ1) is 8.00. The zero-order chi connectivity index (χ0) is 12.9. The van der Waals surface area contributed by atoms with Gasteiger partial charge in [-0.3, -0.25) is 4.79 Å². The highest BCUT2D eigenvalue weighted by molar-refractivity contribution is 6.18. The number of carbonyl (C=O) groups excluding carboxylic acids is 1. The van der Waals surface area contributed by atoms with Crippen LogP contribution in [0.1, 0.15) is 38.7 Å². The molecule has 0 saturated carbocycles. The summed E-state index contributed by atoms with van der Waals surface area (Å²) < 4.78 is 0. The number of benzene rings is 1. The smallest absolute Gasteiger partial charge is 0.227 e. The minimum absolute atomic E-state index is 0.0457. The van der Waals surface area contributed by atoms with E-state index in [4.69, 9.17) is 11.6 Å². The molecule has 1 N–H and O–H groups in total. The fourth-order valence-corrected chi connectivity index (χ4v) is 1.78. The number of alkyl halides is 1. The zero-order valence-electron chi connectivity index (χ0n) is 10.7. The molecular weight excluding hydrogens is 234 g/mol. The van der Waals surface area contributed by atoms with E-state index in [0.29, 0.717) is 5.88 Å². The van der Waals surface area contributed by atoms with E-state index in [1.807, 2.05) is 51.1 Å². The van der Waals surface area contributed by atoms with Crippen LogP contribution in [0, 0.1) is 0 Å². The monoisotopic (exact) mass is 253 g/mol. The quantitative estimate of drug-likeness (QED) is 0.802. The molecule has 0 aliphatic heterocycles. The number of nitrogens with one attached hydrogen (secondary N) is 1. The average Bonchev–Trinajstić information content (AvgIpc) is 2.31. The van der Waals surface area contributed by atoms with Crippen molar-refractivity contribution in [3.8, 4) is 0 Å². The van der Waals surface area contributed by atoms with Crippen LogP contribution in [-0.4, -0.2) is 17.3 Å². The zero-order valence-corrected chi connectivity index (χ0v) is 11.4. The molecule has 0 spiro atoms. The van der Waals surface area contributed by atoms with Crippen LogP contribution in [0.4, 0.5) is 0 Å². The maximum atomic E-state index is 12.2. The molecular formula is C14H20ClNO. The Balaban J connectivity index is 2.79. The Kier molecular flexibility index (Phi) is 5.01. The lowest BCUT2D eigenvalue weighted by atomic mass is 9.94. The molecule has 0 fully saturated rings. The second-order valence-electron chi connectivity index (χ2n) is 4.88. The second-order valence-corrected chi connectivity index (χ2v) is 5.15. The van der Waals surface area contributed by atoms with Crippen molar-refractivity contribution in [1.29, 1.82) is 0 Å². The van der Waals surface area contributed by atoms with Crippen molar-refractivity contribution >= 4 is 17.5 Å². The highest BCUT2D eigenvalue weighted by atomic mass is 35.5. The van der Waals surface area contributed by atoms with Crippen LogP contribution in [0.25, 0.3) is 0 Å². The van der Waals surface area contributed by atoms with Gasteiger partial charge < -0.3 is 5.32 Å². The minimum atomic E-state index is -0.360. The third kappa shape index (κ3) is 4.04. The van der Waals surface area contributed by atoms with Crippen molar-refractivity contribution in [2.24, 2.45) is 0 Å². The second kappa shape index (κ2) is 6.06. The number of rotatable bonds is 5. The van der Waals surface area contributed by atoms with Gasteiger partial charge in [0.25, 0.3) is 0 Å². The van der Waals surface area contributed by atoms with Gasteiger partial charge in [0.1, 0.15) is 0 Å². The molecule has 3 heteroatoms. The van der Waals surface area contributed by atoms with Crippen molar-refractivity contribution in [3.05, 3.63) is 35.9 Å². The van der Waals surface area contributed by atoms with Crippen LogP contribution in [-0.2, 0) is 4.79 Å². The summed E-state index contributed by atoms with van der Waals surface area (Å²) in [5, 5.41) is 2.98. The maximum Gasteiger partial charge on any atom is 0.227 e. The molecule has 1 rings (SSSR count). The third-order valence-electron chi connectivity index (χ3n) is 2.72. The molecule has 0 saturated heterocycles. The SMILES string of the molecule is CCC(C(=O)NC(C)(C)CCl)c1ccccc1. The van der Waals surface area contributed by atoms with E-state index in [9.17, 15) is 4.79 Å². The molecule has 1 atom stereocenters. The van der Waals surface area contributed by atoms with Gasteiger partial charge in [-0.15, -0.1) is 11.6 Å². The molecule has 0 aliphatic carbocycles.